The first-order valence-corrected chi connectivity index (χ1v) is 6.25. The Morgan fingerprint density at radius 3 is 2.88 bits per heavy atom. The highest BCUT2D eigenvalue weighted by Crippen LogP contribution is 2.24. The van der Waals surface area contributed by atoms with Gasteiger partial charge in [0.1, 0.15) is 5.65 Å². The number of nitrogens with zero attached hydrogens (tertiary/aromatic N) is 3. The summed E-state index contributed by atoms with van der Waals surface area (Å²) < 4.78 is 2.18. The summed E-state index contributed by atoms with van der Waals surface area (Å²) in [6.07, 6.45) is 4.66. The van der Waals surface area contributed by atoms with Crippen molar-refractivity contribution in [2.75, 3.05) is 25.0 Å². The number of imidazole rings is 1. The van der Waals surface area contributed by atoms with Crippen molar-refractivity contribution in [1.29, 1.82) is 0 Å². The monoisotopic (exact) mass is 230 g/mol. The molecule has 0 bridgehead atoms. The molecule has 3 heterocycles. The number of pyridine rings is 1. The van der Waals surface area contributed by atoms with Gasteiger partial charge in [-0.05, 0) is 32.0 Å². The van der Waals surface area contributed by atoms with E-state index in [1.165, 1.54) is 18.5 Å². The molecule has 3 rings (SSSR count). The van der Waals surface area contributed by atoms with Gasteiger partial charge in [0.05, 0.1) is 5.69 Å². The first kappa shape index (κ1) is 10.6. The van der Waals surface area contributed by atoms with E-state index in [1.54, 1.807) is 0 Å². The number of fused-ring (bicyclic) bond motifs is 1. The maximum Gasteiger partial charge on any atom is 0.152 e. The molecule has 4 nitrogen and oxygen atoms in total. The molecule has 0 amide bonds. The van der Waals surface area contributed by atoms with Crippen LogP contribution in [-0.2, 0) is 6.54 Å². The Balaban J connectivity index is 2.11. The standard InChI is InChI=1S/C13H18N4/c1-14-10-11-13(16-7-4-5-8-16)15-12-6-2-3-9-17(11)12/h2-3,6,9,14H,4-5,7-8,10H2,1H3. The predicted molar refractivity (Wildman–Crippen MR) is 69.4 cm³/mol. The lowest BCUT2D eigenvalue weighted by Gasteiger charge is -2.16. The Morgan fingerprint density at radius 1 is 1.29 bits per heavy atom. The average molecular weight is 230 g/mol. The summed E-state index contributed by atoms with van der Waals surface area (Å²) in [4.78, 5) is 7.16. The van der Waals surface area contributed by atoms with Crippen molar-refractivity contribution >= 4 is 11.5 Å². The smallest absolute Gasteiger partial charge is 0.152 e. The third-order valence-electron chi connectivity index (χ3n) is 3.36. The molecule has 4 heteroatoms. The van der Waals surface area contributed by atoms with Crippen LogP contribution in [0.1, 0.15) is 18.5 Å². The summed E-state index contributed by atoms with van der Waals surface area (Å²) >= 11 is 0. The first-order chi connectivity index (χ1) is 8.40. The van der Waals surface area contributed by atoms with Crippen LogP contribution < -0.4 is 10.2 Å². The summed E-state index contributed by atoms with van der Waals surface area (Å²) in [6.45, 7) is 3.14. The topological polar surface area (TPSA) is 32.6 Å². The van der Waals surface area contributed by atoms with Gasteiger partial charge in [-0.1, -0.05) is 6.07 Å². The van der Waals surface area contributed by atoms with E-state index in [4.69, 9.17) is 4.98 Å². The predicted octanol–water partition coefficient (Wildman–Crippen LogP) is 1.65. The van der Waals surface area contributed by atoms with Crippen molar-refractivity contribution in [1.82, 2.24) is 14.7 Å². The average Bonchev–Trinajstić information content (AvgIpc) is 2.97. The van der Waals surface area contributed by atoms with Crippen LogP contribution in [0.4, 0.5) is 5.82 Å². The second-order valence-corrected chi connectivity index (χ2v) is 4.54. The van der Waals surface area contributed by atoms with Crippen molar-refractivity contribution < 1.29 is 0 Å². The SMILES string of the molecule is CNCc1c(N2CCCC2)nc2ccccn12. The molecule has 1 aliphatic rings. The van der Waals surface area contributed by atoms with Crippen LogP contribution in [0.5, 0.6) is 0 Å². The van der Waals surface area contributed by atoms with Crippen molar-refractivity contribution in [2.24, 2.45) is 0 Å². The molecule has 0 radical (unpaired) electrons. The summed E-state index contributed by atoms with van der Waals surface area (Å²) in [5, 5.41) is 3.24. The molecule has 0 unspecified atom stereocenters. The quantitative estimate of drug-likeness (QED) is 0.870. The third kappa shape index (κ3) is 1.78. The summed E-state index contributed by atoms with van der Waals surface area (Å²) in [7, 11) is 1.98. The van der Waals surface area contributed by atoms with E-state index in [-0.39, 0.29) is 0 Å². The molecule has 1 N–H and O–H groups in total. The zero-order chi connectivity index (χ0) is 11.7. The van der Waals surface area contributed by atoms with Crippen molar-refractivity contribution in [3.8, 4) is 0 Å². The molecule has 1 aliphatic heterocycles. The van der Waals surface area contributed by atoms with E-state index >= 15 is 0 Å². The van der Waals surface area contributed by atoms with Crippen LogP contribution in [0.15, 0.2) is 24.4 Å². The summed E-state index contributed by atoms with van der Waals surface area (Å²) in [5.74, 6) is 1.16. The first-order valence-electron chi connectivity index (χ1n) is 6.25. The Kier molecular flexibility index (Phi) is 2.73. The number of nitrogens with one attached hydrogen (secondary N) is 1. The van der Waals surface area contributed by atoms with E-state index in [9.17, 15) is 0 Å². The van der Waals surface area contributed by atoms with Gasteiger partial charge in [0, 0.05) is 25.8 Å². The molecular formula is C13H18N4. The minimum Gasteiger partial charge on any atom is -0.355 e. The van der Waals surface area contributed by atoms with E-state index < -0.39 is 0 Å². The Bertz CT molecular complexity index is 511. The summed E-state index contributed by atoms with van der Waals surface area (Å²) in [5.41, 5.74) is 2.31. The summed E-state index contributed by atoms with van der Waals surface area (Å²) in [6, 6.07) is 6.17. The van der Waals surface area contributed by atoms with E-state index in [0.717, 1.165) is 31.1 Å². The maximum atomic E-state index is 4.76. The Hall–Kier alpha value is -1.55. The van der Waals surface area contributed by atoms with Crippen LogP contribution >= 0.6 is 0 Å². The zero-order valence-electron chi connectivity index (χ0n) is 10.2. The molecule has 0 aromatic carbocycles. The van der Waals surface area contributed by atoms with Gasteiger partial charge < -0.3 is 14.6 Å². The molecule has 17 heavy (non-hydrogen) atoms. The number of rotatable bonds is 3. The number of hydrogen-bond acceptors (Lipinski definition) is 3. The Morgan fingerprint density at radius 2 is 2.12 bits per heavy atom. The second-order valence-electron chi connectivity index (χ2n) is 4.54. The molecule has 0 aliphatic carbocycles. The van der Waals surface area contributed by atoms with Crippen LogP contribution in [-0.4, -0.2) is 29.5 Å². The highest BCUT2D eigenvalue weighted by atomic mass is 15.2. The normalized spacial score (nSPS) is 15.9. The van der Waals surface area contributed by atoms with Gasteiger partial charge in [-0.2, -0.15) is 0 Å². The number of anilines is 1. The molecule has 90 valence electrons. The fraction of sp³-hybridized carbons (Fsp3) is 0.462. The Labute approximate surface area is 101 Å². The van der Waals surface area contributed by atoms with E-state index in [0.29, 0.717) is 0 Å². The lowest BCUT2D eigenvalue weighted by Crippen LogP contribution is -2.21. The van der Waals surface area contributed by atoms with E-state index in [1.807, 2.05) is 13.1 Å². The minimum atomic E-state index is 0.858. The van der Waals surface area contributed by atoms with Crippen molar-refractivity contribution in [3.05, 3.63) is 30.1 Å². The van der Waals surface area contributed by atoms with Crippen LogP contribution in [0.2, 0.25) is 0 Å². The van der Waals surface area contributed by atoms with E-state index in [2.05, 4.69) is 32.9 Å². The third-order valence-corrected chi connectivity index (χ3v) is 3.36. The molecule has 2 aromatic heterocycles. The second kappa shape index (κ2) is 4.37. The molecule has 1 fully saturated rings. The molecular weight excluding hydrogens is 212 g/mol. The molecule has 2 aromatic rings. The van der Waals surface area contributed by atoms with Gasteiger partial charge >= 0.3 is 0 Å². The van der Waals surface area contributed by atoms with Gasteiger partial charge in [0.15, 0.2) is 5.82 Å². The van der Waals surface area contributed by atoms with Gasteiger partial charge in [-0.15, -0.1) is 0 Å². The van der Waals surface area contributed by atoms with Crippen LogP contribution in [0, 0.1) is 0 Å². The van der Waals surface area contributed by atoms with Gasteiger partial charge in [0.25, 0.3) is 0 Å². The fourth-order valence-corrected chi connectivity index (χ4v) is 2.55. The van der Waals surface area contributed by atoms with Crippen LogP contribution in [0.25, 0.3) is 5.65 Å². The molecule has 0 spiro atoms. The maximum absolute atomic E-state index is 4.76. The number of aromatic nitrogens is 2. The largest absolute Gasteiger partial charge is 0.355 e. The highest BCUT2D eigenvalue weighted by Gasteiger charge is 2.20. The highest BCUT2D eigenvalue weighted by molar-refractivity contribution is 5.56. The molecule has 0 atom stereocenters. The minimum absolute atomic E-state index is 0.858. The number of hydrogen-bond donors (Lipinski definition) is 1. The molecule has 0 saturated carbocycles. The van der Waals surface area contributed by atoms with Crippen molar-refractivity contribution in [3.63, 3.8) is 0 Å². The molecule has 1 saturated heterocycles. The van der Waals surface area contributed by atoms with Gasteiger partial charge in [-0.25, -0.2) is 4.98 Å². The fourth-order valence-electron chi connectivity index (χ4n) is 2.55. The lowest BCUT2D eigenvalue weighted by atomic mass is 10.4. The zero-order valence-corrected chi connectivity index (χ0v) is 10.2. The lowest BCUT2D eigenvalue weighted by molar-refractivity contribution is 0.773. The van der Waals surface area contributed by atoms with Gasteiger partial charge in [-0.3, -0.25) is 0 Å². The van der Waals surface area contributed by atoms with Gasteiger partial charge in [0.2, 0.25) is 0 Å². The van der Waals surface area contributed by atoms with Crippen LogP contribution in [0.3, 0.4) is 0 Å². The van der Waals surface area contributed by atoms with Crippen molar-refractivity contribution in [2.45, 2.75) is 19.4 Å².